The maximum absolute atomic E-state index is 12.1. The van der Waals surface area contributed by atoms with Crippen molar-refractivity contribution in [2.45, 2.75) is 18.2 Å². The van der Waals surface area contributed by atoms with Gasteiger partial charge in [0, 0.05) is 17.4 Å². The van der Waals surface area contributed by atoms with Crippen LogP contribution in [-0.2, 0) is 9.53 Å². The first-order chi connectivity index (χ1) is 12.0. The van der Waals surface area contributed by atoms with E-state index < -0.39 is 5.97 Å². The zero-order valence-electron chi connectivity index (χ0n) is 13.6. The lowest BCUT2D eigenvalue weighted by Crippen LogP contribution is -2.11. The van der Waals surface area contributed by atoms with Gasteiger partial charge in [0.15, 0.2) is 4.34 Å². The van der Waals surface area contributed by atoms with Gasteiger partial charge in [0.2, 0.25) is 5.13 Å². The Kier molecular flexibility index (Phi) is 6.96. The highest BCUT2D eigenvalue weighted by atomic mass is 32.2. The number of hydrogen-bond donors (Lipinski definition) is 1. The summed E-state index contributed by atoms with van der Waals surface area (Å²) in [5.74, 6) is -1.26. The van der Waals surface area contributed by atoms with Crippen LogP contribution in [0.3, 0.4) is 0 Å². The van der Waals surface area contributed by atoms with E-state index in [0.717, 1.165) is 34.7 Å². The van der Waals surface area contributed by atoms with Crippen LogP contribution in [0.4, 0.5) is 5.13 Å². The van der Waals surface area contributed by atoms with Gasteiger partial charge in [-0.05, 0) is 26.0 Å². The van der Waals surface area contributed by atoms with Crippen molar-refractivity contribution in [1.29, 1.82) is 0 Å². The van der Waals surface area contributed by atoms with Crippen LogP contribution in [0.5, 0.6) is 0 Å². The Balaban J connectivity index is 1.88. The highest BCUT2D eigenvalue weighted by Gasteiger charge is 2.10. The van der Waals surface area contributed by atoms with Crippen LogP contribution in [0.2, 0.25) is 0 Å². The summed E-state index contributed by atoms with van der Waals surface area (Å²) < 4.78 is 5.18. The van der Waals surface area contributed by atoms with Crippen LogP contribution in [-0.4, -0.2) is 34.4 Å². The number of anilines is 1. The maximum Gasteiger partial charge on any atom is 0.329 e. The van der Waals surface area contributed by atoms with Gasteiger partial charge in [0.1, 0.15) is 0 Å². The molecule has 1 amide bonds. The highest BCUT2D eigenvalue weighted by Crippen LogP contribution is 2.26. The molecule has 9 heteroatoms. The molecular formula is C16H16N3O4S2-. The molecule has 0 saturated heterocycles. The minimum atomic E-state index is -0.656. The number of aromatic nitrogens is 2. The molecule has 1 aromatic carbocycles. The minimum absolute atomic E-state index is 0.0410. The van der Waals surface area contributed by atoms with Crippen LogP contribution < -0.4 is 10.4 Å². The lowest BCUT2D eigenvalue weighted by Gasteiger charge is -2.09. The Hall–Kier alpha value is -2.39. The number of ether oxygens (including phenoxy) is 1. The van der Waals surface area contributed by atoms with Crippen molar-refractivity contribution in [1.82, 2.24) is 10.2 Å². The number of nitrogens with one attached hydrogen (secondary N) is 1. The molecule has 0 spiro atoms. The Bertz CT molecular complexity index is 772. The molecule has 25 heavy (non-hydrogen) atoms. The second-order valence-electron chi connectivity index (χ2n) is 4.84. The van der Waals surface area contributed by atoms with Crippen LogP contribution in [0.1, 0.15) is 22.8 Å². The molecule has 2 rings (SSSR count). The predicted molar refractivity (Wildman–Crippen MR) is 94.5 cm³/mol. The Morgan fingerprint density at radius 1 is 1.32 bits per heavy atom. The van der Waals surface area contributed by atoms with Gasteiger partial charge < -0.3 is 9.84 Å². The number of thioether (sulfide) groups is 1. The fourth-order valence-corrected chi connectivity index (χ4v) is 3.25. The zero-order valence-corrected chi connectivity index (χ0v) is 15.3. The number of carbonyl (C=O) groups excluding carboxylic acids is 2. The number of carbonyl (C=O) groups is 2. The molecule has 0 atom stereocenters. The lowest BCUT2D eigenvalue weighted by molar-refractivity contribution is -0.300. The fraction of sp³-hybridized carbons (Fsp3) is 0.250. The number of nitrogens with zero attached hydrogens (tertiary/aromatic N) is 2. The van der Waals surface area contributed by atoms with Crippen LogP contribution in [0.25, 0.3) is 0 Å². The summed E-state index contributed by atoms with van der Waals surface area (Å²) in [5, 5.41) is 22.4. The third kappa shape index (κ3) is 6.20. The molecule has 0 saturated carbocycles. The van der Waals surface area contributed by atoms with Gasteiger partial charge in [-0.2, -0.15) is 0 Å². The largest absolute Gasteiger partial charge is 0.875 e. The summed E-state index contributed by atoms with van der Waals surface area (Å²) in [6, 6.07) is 7.15. The highest BCUT2D eigenvalue weighted by molar-refractivity contribution is 8.01. The van der Waals surface area contributed by atoms with E-state index >= 15 is 0 Å². The molecule has 0 aliphatic carbocycles. The first-order valence-electron chi connectivity index (χ1n) is 7.36. The van der Waals surface area contributed by atoms with E-state index in [1.165, 1.54) is 0 Å². The van der Waals surface area contributed by atoms with Crippen molar-refractivity contribution in [2.75, 3.05) is 17.7 Å². The van der Waals surface area contributed by atoms with Gasteiger partial charge in [-0.25, -0.2) is 4.79 Å². The van der Waals surface area contributed by atoms with E-state index in [-0.39, 0.29) is 24.0 Å². The fourth-order valence-electron chi connectivity index (χ4n) is 1.68. The molecule has 0 aliphatic rings. The molecule has 7 nitrogen and oxygen atoms in total. The van der Waals surface area contributed by atoms with Crippen molar-refractivity contribution in [3.05, 3.63) is 47.2 Å². The number of rotatable bonds is 7. The van der Waals surface area contributed by atoms with Crippen molar-refractivity contribution in [2.24, 2.45) is 0 Å². The van der Waals surface area contributed by atoms with Crippen molar-refractivity contribution < 1.29 is 19.4 Å². The first kappa shape index (κ1) is 18.9. The summed E-state index contributed by atoms with van der Waals surface area (Å²) in [7, 11) is 0. The van der Waals surface area contributed by atoms with Gasteiger partial charge >= 0.3 is 5.97 Å². The smallest absolute Gasteiger partial charge is 0.329 e. The van der Waals surface area contributed by atoms with Crippen LogP contribution >= 0.6 is 23.1 Å². The second kappa shape index (κ2) is 9.19. The average Bonchev–Trinajstić information content (AvgIpc) is 3.01. The van der Waals surface area contributed by atoms with E-state index in [9.17, 15) is 14.7 Å². The summed E-state index contributed by atoms with van der Waals surface area (Å²) in [6.45, 7) is 3.82. The lowest BCUT2D eigenvalue weighted by atomic mass is 10.1. The third-order valence-corrected chi connectivity index (χ3v) is 4.84. The standard InChI is InChI=1S/C16H17N3O4S2/c1-3-23-13(21)8-12(20)9-24-16-19-18-15(25-16)17-14(22)11-6-4-10(2)5-7-11/h4-8,20H,3,9H2,1-2H3,(H,17,18,22)/p-1/b12-8-. The molecule has 1 heterocycles. The number of benzene rings is 1. The number of aryl methyl sites for hydroxylation is 1. The minimum Gasteiger partial charge on any atom is -0.875 e. The molecule has 0 radical (unpaired) electrons. The topological polar surface area (TPSA) is 104 Å². The predicted octanol–water partition coefficient (Wildman–Crippen LogP) is 2.00. The maximum atomic E-state index is 12.1. The number of amides is 1. The molecule has 0 bridgehead atoms. The summed E-state index contributed by atoms with van der Waals surface area (Å²) >= 11 is 2.30. The Morgan fingerprint density at radius 3 is 2.72 bits per heavy atom. The van der Waals surface area contributed by atoms with E-state index in [1.54, 1.807) is 19.1 Å². The third-order valence-electron chi connectivity index (χ3n) is 2.84. The summed E-state index contributed by atoms with van der Waals surface area (Å²) in [6.07, 6.45) is 0.914. The first-order valence-corrected chi connectivity index (χ1v) is 9.16. The Morgan fingerprint density at radius 2 is 2.04 bits per heavy atom. The van der Waals surface area contributed by atoms with Gasteiger partial charge in [-0.15, -0.1) is 16.0 Å². The van der Waals surface area contributed by atoms with E-state index in [0.29, 0.717) is 15.0 Å². The monoisotopic (exact) mass is 378 g/mol. The van der Waals surface area contributed by atoms with Crippen LogP contribution in [0, 0.1) is 6.92 Å². The quantitative estimate of drug-likeness (QED) is 0.258. The Labute approximate surface area is 153 Å². The molecule has 0 unspecified atom stereocenters. The molecular weight excluding hydrogens is 362 g/mol. The zero-order chi connectivity index (χ0) is 18.2. The normalized spacial score (nSPS) is 11.2. The molecule has 2 aromatic rings. The van der Waals surface area contributed by atoms with Crippen molar-refractivity contribution >= 4 is 40.1 Å². The number of esters is 1. The molecule has 1 aromatic heterocycles. The average molecular weight is 378 g/mol. The van der Waals surface area contributed by atoms with E-state index in [1.807, 2.05) is 19.1 Å². The molecule has 0 fully saturated rings. The van der Waals surface area contributed by atoms with Gasteiger partial charge in [0.25, 0.3) is 5.91 Å². The molecule has 0 aliphatic heterocycles. The van der Waals surface area contributed by atoms with Crippen molar-refractivity contribution in [3.8, 4) is 0 Å². The SMILES string of the molecule is CCOC(=O)/C=C(\[O-])CSc1nnc(NC(=O)c2ccc(C)cc2)s1. The van der Waals surface area contributed by atoms with E-state index in [4.69, 9.17) is 0 Å². The van der Waals surface area contributed by atoms with Gasteiger partial charge in [0.05, 0.1) is 6.61 Å². The summed E-state index contributed by atoms with van der Waals surface area (Å²) in [4.78, 5) is 23.3. The number of hydrogen-bond acceptors (Lipinski definition) is 8. The van der Waals surface area contributed by atoms with Crippen LogP contribution in [0.15, 0.2) is 40.4 Å². The van der Waals surface area contributed by atoms with Gasteiger partial charge in [-0.1, -0.05) is 40.8 Å². The van der Waals surface area contributed by atoms with Gasteiger partial charge in [-0.3, -0.25) is 10.1 Å². The summed E-state index contributed by atoms with van der Waals surface area (Å²) in [5.41, 5.74) is 1.59. The van der Waals surface area contributed by atoms with E-state index in [2.05, 4.69) is 20.3 Å². The van der Waals surface area contributed by atoms with Crippen molar-refractivity contribution in [3.63, 3.8) is 0 Å². The molecule has 132 valence electrons. The molecule has 1 N–H and O–H groups in total. The second-order valence-corrected chi connectivity index (χ2v) is 7.04.